The smallest absolute Gasteiger partial charge is 0.0437 e. The number of rotatable bonds is 7. The van der Waals surface area contributed by atoms with E-state index in [0.717, 1.165) is 32.1 Å². The van der Waals surface area contributed by atoms with Gasteiger partial charge in [-0.1, -0.05) is 26.7 Å². The molecule has 0 aromatic heterocycles. The van der Waals surface area contributed by atoms with E-state index in [1.54, 1.807) is 0 Å². The Morgan fingerprint density at radius 1 is 1.00 bits per heavy atom. The first-order valence-electron chi connectivity index (χ1n) is 5.83. The van der Waals surface area contributed by atoms with Gasteiger partial charge < -0.3 is 10.8 Å². The predicted octanol–water partition coefficient (Wildman–Crippen LogP) is 2.69. The normalized spacial score (nSPS) is 13.3. The monoisotopic (exact) mass is 201 g/mol. The lowest BCUT2D eigenvalue weighted by Gasteiger charge is -2.45. The third-order valence-corrected chi connectivity index (χ3v) is 3.41. The Hall–Kier alpha value is -0.0800. The molecule has 0 spiro atoms. The van der Waals surface area contributed by atoms with Gasteiger partial charge in [-0.25, -0.2) is 0 Å². The van der Waals surface area contributed by atoms with Gasteiger partial charge in [-0.15, -0.1) is 0 Å². The lowest BCUT2D eigenvalue weighted by molar-refractivity contribution is 0.0767. The molecule has 0 unspecified atom stereocenters. The predicted molar refractivity (Wildman–Crippen MR) is 62.2 cm³/mol. The van der Waals surface area contributed by atoms with Crippen molar-refractivity contribution in [1.29, 1.82) is 0 Å². The van der Waals surface area contributed by atoms with Gasteiger partial charge in [-0.3, -0.25) is 0 Å². The second-order valence-electron chi connectivity index (χ2n) is 4.98. The van der Waals surface area contributed by atoms with Gasteiger partial charge in [0, 0.05) is 12.1 Å². The minimum absolute atomic E-state index is 0.116. The molecule has 0 heterocycles. The number of nitrogens with two attached hydrogens (primary N) is 1. The van der Waals surface area contributed by atoms with Crippen LogP contribution in [0.2, 0.25) is 0 Å². The van der Waals surface area contributed by atoms with Gasteiger partial charge in [0.15, 0.2) is 0 Å². The third kappa shape index (κ3) is 3.25. The maximum atomic E-state index is 9.16. The second-order valence-corrected chi connectivity index (χ2v) is 4.98. The summed E-state index contributed by atoms with van der Waals surface area (Å²) in [7, 11) is 0. The highest BCUT2D eigenvalue weighted by Gasteiger charge is 2.39. The molecule has 0 amide bonds. The van der Waals surface area contributed by atoms with Gasteiger partial charge in [0.2, 0.25) is 0 Å². The van der Waals surface area contributed by atoms with Gasteiger partial charge in [0.25, 0.3) is 0 Å². The van der Waals surface area contributed by atoms with Crippen molar-refractivity contribution in [2.24, 2.45) is 11.1 Å². The molecule has 0 aliphatic heterocycles. The van der Waals surface area contributed by atoms with Crippen LogP contribution in [-0.2, 0) is 0 Å². The number of hydrogen-bond acceptors (Lipinski definition) is 2. The lowest BCUT2D eigenvalue weighted by Crippen LogP contribution is -2.51. The summed E-state index contributed by atoms with van der Waals surface area (Å²) in [4.78, 5) is 0. The van der Waals surface area contributed by atoms with Crippen LogP contribution in [0.4, 0.5) is 0 Å². The van der Waals surface area contributed by atoms with E-state index in [9.17, 15) is 0 Å². The van der Waals surface area contributed by atoms with E-state index in [1.807, 2.05) is 0 Å². The standard InChI is InChI=1S/C12H27NO/c1-5-7-12(8-6-2,9-10-14)11(3,4)13/h14H,5-10,13H2,1-4H3. The number of aliphatic hydroxyl groups is 1. The van der Waals surface area contributed by atoms with Crippen molar-refractivity contribution in [1.82, 2.24) is 0 Å². The fourth-order valence-electron chi connectivity index (χ4n) is 2.51. The van der Waals surface area contributed by atoms with Crippen LogP contribution in [0, 0.1) is 5.41 Å². The van der Waals surface area contributed by atoms with Gasteiger partial charge in [-0.05, 0) is 38.5 Å². The third-order valence-electron chi connectivity index (χ3n) is 3.41. The van der Waals surface area contributed by atoms with E-state index in [4.69, 9.17) is 10.8 Å². The summed E-state index contributed by atoms with van der Waals surface area (Å²) in [5.41, 5.74) is 6.19. The molecule has 0 atom stereocenters. The van der Waals surface area contributed by atoms with Crippen LogP contribution in [0.1, 0.15) is 59.8 Å². The second kappa shape index (κ2) is 5.72. The molecule has 0 radical (unpaired) electrons. The minimum Gasteiger partial charge on any atom is -0.396 e. The largest absolute Gasteiger partial charge is 0.396 e. The average molecular weight is 201 g/mol. The number of hydrogen-bond donors (Lipinski definition) is 2. The first kappa shape index (κ1) is 13.9. The fourth-order valence-corrected chi connectivity index (χ4v) is 2.51. The molecule has 2 nitrogen and oxygen atoms in total. The summed E-state index contributed by atoms with van der Waals surface area (Å²) in [6, 6.07) is 0. The molecule has 0 aromatic carbocycles. The molecule has 0 saturated carbocycles. The van der Waals surface area contributed by atoms with E-state index in [1.165, 1.54) is 0 Å². The Kier molecular flexibility index (Phi) is 5.68. The summed E-state index contributed by atoms with van der Waals surface area (Å²) in [5, 5.41) is 9.16. The van der Waals surface area contributed by atoms with Crippen LogP contribution in [0.15, 0.2) is 0 Å². The van der Waals surface area contributed by atoms with Crippen molar-refractivity contribution in [3.63, 3.8) is 0 Å². The van der Waals surface area contributed by atoms with Crippen molar-refractivity contribution < 1.29 is 5.11 Å². The van der Waals surface area contributed by atoms with Crippen LogP contribution < -0.4 is 5.73 Å². The maximum absolute atomic E-state index is 9.16. The Morgan fingerprint density at radius 3 is 1.64 bits per heavy atom. The highest BCUT2D eigenvalue weighted by molar-refractivity contribution is 4.95. The zero-order valence-corrected chi connectivity index (χ0v) is 10.3. The molecule has 0 rings (SSSR count). The van der Waals surface area contributed by atoms with E-state index in [-0.39, 0.29) is 17.6 Å². The van der Waals surface area contributed by atoms with Gasteiger partial charge in [0.1, 0.15) is 0 Å². The van der Waals surface area contributed by atoms with Crippen LogP contribution >= 0.6 is 0 Å². The molecule has 0 saturated heterocycles. The molecule has 0 aliphatic carbocycles. The summed E-state index contributed by atoms with van der Waals surface area (Å²) < 4.78 is 0. The van der Waals surface area contributed by atoms with Crippen molar-refractivity contribution in [3.05, 3.63) is 0 Å². The molecule has 0 bridgehead atoms. The van der Waals surface area contributed by atoms with E-state index in [2.05, 4.69) is 27.7 Å². The fraction of sp³-hybridized carbons (Fsp3) is 1.00. The molecule has 0 aliphatic rings. The minimum atomic E-state index is -0.193. The molecule has 0 fully saturated rings. The summed E-state index contributed by atoms with van der Waals surface area (Å²) in [6.45, 7) is 8.81. The van der Waals surface area contributed by atoms with Crippen LogP contribution in [-0.4, -0.2) is 17.3 Å². The van der Waals surface area contributed by atoms with Crippen LogP contribution in [0.25, 0.3) is 0 Å². The van der Waals surface area contributed by atoms with Gasteiger partial charge >= 0.3 is 0 Å². The molecular weight excluding hydrogens is 174 g/mol. The van der Waals surface area contributed by atoms with E-state index < -0.39 is 0 Å². The zero-order chi connectivity index (χ0) is 11.2. The average Bonchev–Trinajstić information content (AvgIpc) is 2.03. The van der Waals surface area contributed by atoms with Crippen molar-refractivity contribution in [2.45, 2.75) is 65.3 Å². The maximum Gasteiger partial charge on any atom is 0.0437 e. The number of aliphatic hydroxyl groups excluding tert-OH is 1. The highest BCUT2D eigenvalue weighted by atomic mass is 16.3. The Balaban J connectivity index is 4.73. The quantitative estimate of drug-likeness (QED) is 0.665. The molecule has 3 N–H and O–H groups in total. The molecule has 2 heteroatoms. The summed E-state index contributed by atoms with van der Waals surface area (Å²) in [6.07, 6.45) is 5.34. The van der Waals surface area contributed by atoms with E-state index >= 15 is 0 Å². The summed E-state index contributed by atoms with van der Waals surface area (Å²) in [5.74, 6) is 0. The van der Waals surface area contributed by atoms with Gasteiger partial charge in [0.05, 0.1) is 0 Å². The zero-order valence-electron chi connectivity index (χ0n) is 10.3. The Bertz CT molecular complexity index is 132. The van der Waals surface area contributed by atoms with Gasteiger partial charge in [-0.2, -0.15) is 0 Å². The molecule has 14 heavy (non-hydrogen) atoms. The first-order chi connectivity index (χ1) is 6.43. The lowest BCUT2D eigenvalue weighted by atomic mass is 9.64. The van der Waals surface area contributed by atoms with E-state index in [0.29, 0.717) is 0 Å². The van der Waals surface area contributed by atoms with Crippen molar-refractivity contribution in [3.8, 4) is 0 Å². The Labute approximate surface area is 88.9 Å². The first-order valence-corrected chi connectivity index (χ1v) is 5.83. The topological polar surface area (TPSA) is 46.2 Å². The SMILES string of the molecule is CCCC(CCC)(CCO)C(C)(C)N. The Morgan fingerprint density at radius 2 is 1.43 bits per heavy atom. The van der Waals surface area contributed by atoms with Crippen LogP contribution in [0.5, 0.6) is 0 Å². The molecule has 86 valence electrons. The van der Waals surface area contributed by atoms with Crippen molar-refractivity contribution >= 4 is 0 Å². The van der Waals surface area contributed by atoms with Crippen LogP contribution in [0.3, 0.4) is 0 Å². The highest BCUT2D eigenvalue weighted by Crippen LogP contribution is 2.42. The molecular formula is C12H27NO. The summed E-state index contributed by atoms with van der Waals surface area (Å²) >= 11 is 0. The molecule has 0 aromatic rings. The van der Waals surface area contributed by atoms with Crippen molar-refractivity contribution in [2.75, 3.05) is 6.61 Å².